The molecule has 0 fully saturated rings. The predicted molar refractivity (Wildman–Crippen MR) is 71.9 cm³/mol. The molecule has 0 aromatic carbocycles. The molecule has 0 atom stereocenters. The minimum absolute atomic E-state index is 0.0198. The molecule has 0 aromatic heterocycles. The highest BCUT2D eigenvalue weighted by Gasteiger charge is 2.25. The van der Waals surface area contributed by atoms with Gasteiger partial charge >= 0.3 is 6.18 Å². The van der Waals surface area contributed by atoms with Crippen LogP contribution in [0.5, 0.6) is 0 Å². The molecule has 0 spiro atoms. The highest BCUT2D eigenvalue weighted by Crippen LogP contribution is 2.23. The Balaban J connectivity index is 3.16. The maximum absolute atomic E-state index is 11.8. The fraction of sp³-hybridized carbons (Fsp3) is 1.00. The van der Waals surface area contributed by atoms with E-state index in [-0.39, 0.29) is 12.2 Å². The molecular weight excluding hydrogens is 301 g/mol. The van der Waals surface area contributed by atoms with Crippen LogP contribution in [0.2, 0.25) is 0 Å². The summed E-state index contributed by atoms with van der Waals surface area (Å²) in [6.45, 7) is 0. The monoisotopic (exact) mass is 322 g/mol. The Bertz CT molecular complexity index is 315. The lowest BCUT2D eigenvalue weighted by molar-refractivity contribution is -0.135. The van der Waals surface area contributed by atoms with Gasteiger partial charge in [-0.05, 0) is 12.8 Å². The molecule has 19 heavy (non-hydrogen) atoms. The molecule has 0 N–H and O–H groups in total. The molecule has 0 aromatic rings. The van der Waals surface area contributed by atoms with Crippen LogP contribution >= 0.6 is 10.7 Å². The van der Waals surface area contributed by atoms with E-state index in [0.717, 1.165) is 38.5 Å². The Hall–Kier alpha value is 0.0300. The van der Waals surface area contributed by atoms with Crippen molar-refractivity contribution in [2.24, 2.45) is 0 Å². The van der Waals surface area contributed by atoms with Crippen molar-refractivity contribution in [3.8, 4) is 0 Å². The van der Waals surface area contributed by atoms with Crippen LogP contribution < -0.4 is 0 Å². The van der Waals surface area contributed by atoms with Gasteiger partial charge in [-0.2, -0.15) is 13.2 Å². The highest BCUT2D eigenvalue weighted by molar-refractivity contribution is 8.13. The fourth-order valence-corrected chi connectivity index (χ4v) is 2.71. The highest BCUT2D eigenvalue weighted by atomic mass is 35.7. The second-order valence-corrected chi connectivity index (χ2v) is 7.69. The zero-order valence-corrected chi connectivity index (χ0v) is 12.6. The third-order valence-corrected chi connectivity index (χ3v) is 4.09. The summed E-state index contributed by atoms with van der Waals surface area (Å²) < 4.78 is 56.8. The lowest BCUT2D eigenvalue weighted by atomic mass is 10.1. The van der Waals surface area contributed by atoms with Gasteiger partial charge < -0.3 is 0 Å². The van der Waals surface area contributed by atoms with E-state index in [9.17, 15) is 21.6 Å². The van der Waals surface area contributed by atoms with Gasteiger partial charge in [-0.25, -0.2) is 8.42 Å². The molecule has 0 saturated heterocycles. The van der Waals surface area contributed by atoms with E-state index in [1.54, 1.807) is 0 Å². The number of unbranched alkanes of at least 4 members (excludes halogenated alkanes) is 8. The lowest BCUT2D eigenvalue weighted by Crippen LogP contribution is -2.06. The van der Waals surface area contributed by atoms with Crippen molar-refractivity contribution in [2.45, 2.75) is 70.4 Å². The maximum atomic E-state index is 11.8. The Morgan fingerprint density at radius 1 is 0.737 bits per heavy atom. The first-order chi connectivity index (χ1) is 8.71. The quantitative estimate of drug-likeness (QED) is 0.395. The molecule has 0 radical (unpaired) electrons. The first kappa shape index (κ1) is 19.0. The van der Waals surface area contributed by atoms with Crippen molar-refractivity contribution in [1.82, 2.24) is 0 Å². The van der Waals surface area contributed by atoms with Gasteiger partial charge in [0, 0.05) is 17.1 Å². The van der Waals surface area contributed by atoms with Crippen LogP contribution in [-0.2, 0) is 9.05 Å². The van der Waals surface area contributed by atoms with Gasteiger partial charge in [0.2, 0.25) is 9.05 Å². The van der Waals surface area contributed by atoms with E-state index >= 15 is 0 Å². The molecule has 0 rings (SSSR count). The zero-order valence-electron chi connectivity index (χ0n) is 11.0. The van der Waals surface area contributed by atoms with Crippen LogP contribution in [0.1, 0.15) is 64.2 Å². The van der Waals surface area contributed by atoms with Crippen molar-refractivity contribution in [2.75, 3.05) is 5.75 Å². The summed E-state index contributed by atoms with van der Waals surface area (Å²) in [4.78, 5) is 0. The summed E-state index contributed by atoms with van der Waals surface area (Å²) in [6.07, 6.45) is 2.30. The molecule has 0 heterocycles. The van der Waals surface area contributed by atoms with Crippen molar-refractivity contribution in [1.29, 1.82) is 0 Å². The van der Waals surface area contributed by atoms with Crippen LogP contribution in [-0.4, -0.2) is 20.3 Å². The summed E-state index contributed by atoms with van der Waals surface area (Å²) >= 11 is 0. The molecular formula is C12H22ClF3O2S. The summed E-state index contributed by atoms with van der Waals surface area (Å²) in [6, 6.07) is 0. The number of hydrogen-bond acceptors (Lipinski definition) is 2. The lowest BCUT2D eigenvalue weighted by Gasteiger charge is -2.05. The normalized spacial score (nSPS) is 12.8. The van der Waals surface area contributed by atoms with Gasteiger partial charge in [0.1, 0.15) is 0 Å². The fourth-order valence-electron chi connectivity index (χ4n) is 1.84. The van der Waals surface area contributed by atoms with E-state index in [0.29, 0.717) is 12.8 Å². The smallest absolute Gasteiger partial charge is 0.212 e. The van der Waals surface area contributed by atoms with E-state index < -0.39 is 21.6 Å². The number of halogens is 4. The van der Waals surface area contributed by atoms with Gasteiger partial charge in [-0.3, -0.25) is 0 Å². The van der Waals surface area contributed by atoms with E-state index in [2.05, 4.69) is 0 Å². The Morgan fingerprint density at radius 3 is 1.47 bits per heavy atom. The van der Waals surface area contributed by atoms with Crippen molar-refractivity contribution in [3.63, 3.8) is 0 Å². The minimum Gasteiger partial charge on any atom is -0.212 e. The minimum atomic E-state index is -4.03. The number of hydrogen-bond donors (Lipinski definition) is 0. The van der Waals surface area contributed by atoms with Crippen molar-refractivity contribution < 1.29 is 21.6 Å². The standard InChI is InChI=1S/C12H22ClF3O2S/c13-19(17,18)11-9-7-5-3-1-2-4-6-8-10-12(14,15)16/h1-11H2. The summed E-state index contributed by atoms with van der Waals surface area (Å²) in [5.41, 5.74) is 0. The van der Waals surface area contributed by atoms with Gasteiger partial charge in [0.05, 0.1) is 5.75 Å². The maximum Gasteiger partial charge on any atom is 0.389 e. The molecule has 0 aliphatic rings. The van der Waals surface area contributed by atoms with E-state index in [1.807, 2.05) is 0 Å². The third-order valence-electron chi connectivity index (χ3n) is 2.85. The average molecular weight is 323 g/mol. The number of alkyl halides is 3. The van der Waals surface area contributed by atoms with E-state index in [4.69, 9.17) is 10.7 Å². The first-order valence-electron chi connectivity index (χ1n) is 6.70. The molecule has 2 nitrogen and oxygen atoms in total. The SMILES string of the molecule is O=S(=O)(Cl)CCCCCCCCCCCC(F)(F)F. The summed E-state index contributed by atoms with van der Waals surface area (Å²) in [5.74, 6) is 0.0198. The van der Waals surface area contributed by atoms with Crippen LogP contribution in [0.15, 0.2) is 0 Å². The predicted octanol–water partition coefficient (Wildman–Crippen LogP) is 5.02. The van der Waals surface area contributed by atoms with Crippen molar-refractivity contribution >= 4 is 19.7 Å². The van der Waals surface area contributed by atoms with Crippen molar-refractivity contribution in [3.05, 3.63) is 0 Å². The topological polar surface area (TPSA) is 34.1 Å². The molecule has 0 aliphatic carbocycles. The number of rotatable bonds is 11. The van der Waals surface area contributed by atoms with Crippen LogP contribution in [0.3, 0.4) is 0 Å². The van der Waals surface area contributed by atoms with Crippen LogP contribution in [0.4, 0.5) is 13.2 Å². The van der Waals surface area contributed by atoms with Gasteiger partial charge in [-0.1, -0.05) is 44.9 Å². The molecule has 0 bridgehead atoms. The molecule has 116 valence electrons. The molecule has 0 aliphatic heterocycles. The zero-order chi connectivity index (χ0) is 14.8. The Morgan fingerprint density at radius 2 is 1.11 bits per heavy atom. The molecule has 7 heteroatoms. The average Bonchev–Trinajstić information content (AvgIpc) is 2.22. The van der Waals surface area contributed by atoms with Gasteiger partial charge in [0.15, 0.2) is 0 Å². The Kier molecular flexibility index (Phi) is 9.87. The third kappa shape index (κ3) is 18.0. The first-order valence-corrected chi connectivity index (χ1v) is 9.18. The molecule has 0 unspecified atom stereocenters. The van der Waals surface area contributed by atoms with Gasteiger partial charge in [-0.15, -0.1) is 0 Å². The van der Waals surface area contributed by atoms with Crippen LogP contribution in [0, 0.1) is 0 Å². The largest absolute Gasteiger partial charge is 0.389 e. The summed E-state index contributed by atoms with van der Waals surface area (Å²) in [7, 11) is 1.70. The Labute approximate surface area is 118 Å². The molecule has 0 saturated carbocycles. The second-order valence-electron chi connectivity index (χ2n) is 4.79. The van der Waals surface area contributed by atoms with Crippen LogP contribution in [0.25, 0.3) is 0 Å². The van der Waals surface area contributed by atoms with E-state index in [1.165, 1.54) is 0 Å². The second kappa shape index (κ2) is 9.86. The summed E-state index contributed by atoms with van der Waals surface area (Å²) in [5, 5.41) is 0. The molecule has 0 amide bonds. The van der Waals surface area contributed by atoms with Gasteiger partial charge in [0.25, 0.3) is 0 Å².